The van der Waals surface area contributed by atoms with Crippen LogP contribution in [0.15, 0.2) is 53.3 Å². The van der Waals surface area contributed by atoms with Crippen molar-refractivity contribution in [2.24, 2.45) is 0 Å². The number of piperidine rings is 1. The van der Waals surface area contributed by atoms with Gasteiger partial charge in [-0.05, 0) is 43.0 Å². The molecule has 0 spiro atoms. The molecule has 1 fully saturated rings. The van der Waals surface area contributed by atoms with Crippen LogP contribution in [0.2, 0.25) is 0 Å². The highest BCUT2D eigenvalue weighted by Crippen LogP contribution is 2.31. The molecule has 1 amide bonds. The van der Waals surface area contributed by atoms with Crippen molar-refractivity contribution in [1.82, 2.24) is 19.9 Å². The number of hydrogen-bond donors (Lipinski definition) is 0. The van der Waals surface area contributed by atoms with Crippen molar-refractivity contribution in [1.29, 1.82) is 0 Å². The van der Waals surface area contributed by atoms with E-state index in [1.165, 1.54) is 12.1 Å². The Hall–Kier alpha value is -3.09. The van der Waals surface area contributed by atoms with Gasteiger partial charge >= 0.3 is 0 Å². The van der Waals surface area contributed by atoms with Gasteiger partial charge in [-0.15, -0.1) is 0 Å². The molecule has 1 unspecified atom stereocenters. The van der Waals surface area contributed by atoms with Crippen LogP contribution in [-0.2, 0) is 6.42 Å². The standard InChI is InChI=1S/C20H19FN4O2/c21-15-7-5-14(6-8-15)12-16-13-24-19(27-16)17-4-1-2-11-25(17)20(26)18-22-9-3-10-23-18/h3,5-10,13,17H,1-2,4,11-12H2. The van der Waals surface area contributed by atoms with Crippen molar-refractivity contribution in [2.45, 2.75) is 31.7 Å². The highest BCUT2D eigenvalue weighted by molar-refractivity contribution is 5.90. The highest BCUT2D eigenvalue weighted by atomic mass is 19.1. The average molecular weight is 366 g/mol. The summed E-state index contributed by atoms with van der Waals surface area (Å²) >= 11 is 0. The Bertz CT molecular complexity index is 911. The Morgan fingerprint density at radius 2 is 1.93 bits per heavy atom. The van der Waals surface area contributed by atoms with Gasteiger partial charge in [-0.25, -0.2) is 19.3 Å². The molecule has 1 saturated heterocycles. The van der Waals surface area contributed by atoms with Gasteiger partial charge in [-0.1, -0.05) is 12.1 Å². The summed E-state index contributed by atoms with van der Waals surface area (Å²) in [7, 11) is 0. The van der Waals surface area contributed by atoms with E-state index in [0.717, 1.165) is 24.8 Å². The van der Waals surface area contributed by atoms with Gasteiger partial charge in [0.25, 0.3) is 5.91 Å². The second-order valence-corrected chi connectivity index (χ2v) is 6.55. The third kappa shape index (κ3) is 3.86. The number of halogens is 1. The fourth-order valence-corrected chi connectivity index (χ4v) is 3.33. The molecule has 7 heteroatoms. The summed E-state index contributed by atoms with van der Waals surface area (Å²) in [6.45, 7) is 0.622. The number of likely N-dealkylation sites (tertiary alicyclic amines) is 1. The van der Waals surface area contributed by atoms with E-state index in [2.05, 4.69) is 15.0 Å². The van der Waals surface area contributed by atoms with Crippen LogP contribution >= 0.6 is 0 Å². The Morgan fingerprint density at radius 3 is 2.70 bits per heavy atom. The molecule has 138 valence electrons. The minimum absolute atomic E-state index is 0.183. The van der Waals surface area contributed by atoms with Crippen LogP contribution in [0.25, 0.3) is 0 Å². The van der Waals surface area contributed by atoms with E-state index in [1.807, 2.05) is 0 Å². The minimum Gasteiger partial charge on any atom is -0.443 e. The number of nitrogens with zero attached hydrogens (tertiary/aromatic N) is 4. The summed E-state index contributed by atoms with van der Waals surface area (Å²) < 4.78 is 19.0. The van der Waals surface area contributed by atoms with E-state index >= 15 is 0 Å². The van der Waals surface area contributed by atoms with Gasteiger partial charge < -0.3 is 9.32 Å². The van der Waals surface area contributed by atoms with Crippen LogP contribution in [0.1, 0.15) is 53.1 Å². The Labute approximate surface area is 156 Å². The highest BCUT2D eigenvalue weighted by Gasteiger charge is 2.33. The smallest absolute Gasteiger partial charge is 0.292 e. The zero-order valence-electron chi connectivity index (χ0n) is 14.7. The summed E-state index contributed by atoms with van der Waals surface area (Å²) in [6.07, 6.45) is 8.04. The second kappa shape index (κ2) is 7.65. The lowest BCUT2D eigenvalue weighted by Crippen LogP contribution is -2.39. The molecule has 1 aliphatic heterocycles. The first-order chi connectivity index (χ1) is 13.2. The molecule has 1 aromatic carbocycles. The monoisotopic (exact) mass is 366 g/mol. The summed E-state index contributed by atoms with van der Waals surface area (Å²) in [5.41, 5.74) is 0.938. The van der Waals surface area contributed by atoms with Gasteiger partial charge in [0.2, 0.25) is 11.7 Å². The van der Waals surface area contributed by atoms with E-state index in [0.29, 0.717) is 24.6 Å². The maximum atomic E-state index is 13.0. The maximum absolute atomic E-state index is 13.0. The lowest BCUT2D eigenvalue weighted by atomic mass is 10.0. The van der Waals surface area contributed by atoms with Gasteiger partial charge in [0.05, 0.1) is 6.20 Å². The molecule has 0 saturated carbocycles. The average Bonchev–Trinajstić information content (AvgIpc) is 3.18. The number of rotatable bonds is 4. The van der Waals surface area contributed by atoms with Crippen LogP contribution in [0.3, 0.4) is 0 Å². The molecule has 1 aliphatic rings. The van der Waals surface area contributed by atoms with Crippen LogP contribution in [0.5, 0.6) is 0 Å². The molecule has 6 nitrogen and oxygen atoms in total. The number of hydrogen-bond acceptors (Lipinski definition) is 5. The molecule has 4 rings (SSSR count). The summed E-state index contributed by atoms with van der Waals surface area (Å²) in [5.74, 6) is 0.916. The zero-order valence-corrected chi connectivity index (χ0v) is 14.7. The third-order valence-corrected chi connectivity index (χ3v) is 4.67. The predicted octanol–water partition coefficient (Wildman–Crippen LogP) is 3.56. The molecular weight excluding hydrogens is 347 g/mol. The fraction of sp³-hybridized carbons (Fsp3) is 0.300. The summed E-state index contributed by atoms with van der Waals surface area (Å²) in [4.78, 5) is 27.1. The lowest BCUT2D eigenvalue weighted by Gasteiger charge is -2.33. The topological polar surface area (TPSA) is 72.1 Å². The van der Waals surface area contributed by atoms with Crippen molar-refractivity contribution >= 4 is 5.91 Å². The molecule has 27 heavy (non-hydrogen) atoms. The first-order valence-electron chi connectivity index (χ1n) is 8.98. The number of oxazole rings is 1. The van der Waals surface area contributed by atoms with Crippen LogP contribution in [0, 0.1) is 5.82 Å². The molecular formula is C20H19FN4O2. The van der Waals surface area contributed by atoms with E-state index in [-0.39, 0.29) is 23.6 Å². The molecule has 3 heterocycles. The van der Waals surface area contributed by atoms with Crippen molar-refractivity contribution < 1.29 is 13.6 Å². The van der Waals surface area contributed by atoms with Gasteiger partial charge in [-0.3, -0.25) is 4.79 Å². The normalized spacial score (nSPS) is 17.1. The zero-order chi connectivity index (χ0) is 18.6. The first kappa shape index (κ1) is 17.3. The minimum atomic E-state index is -0.267. The molecule has 2 aromatic heterocycles. The summed E-state index contributed by atoms with van der Waals surface area (Å²) in [5, 5.41) is 0. The lowest BCUT2D eigenvalue weighted by molar-refractivity contribution is 0.0557. The molecule has 0 aliphatic carbocycles. The number of carbonyl (C=O) groups is 1. The van der Waals surface area contributed by atoms with Crippen molar-refractivity contribution in [3.63, 3.8) is 0 Å². The van der Waals surface area contributed by atoms with Gasteiger partial charge in [0.15, 0.2) is 0 Å². The number of carbonyl (C=O) groups excluding carboxylic acids is 1. The Morgan fingerprint density at radius 1 is 1.15 bits per heavy atom. The molecule has 1 atom stereocenters. The molecule has 0 radical (unpaired) electrons. The summed E-state index contributed by atoms with van der Waals surface area (Å²) in [6, 6.07) is 7.75. The van der Waals surface area contributed by atoms with E-state index in [4.69, 9.17) is 4.42 Å². The quantitative estimate of drug-likeness (QED) is 0.706. The Kier molecular flexibility index (Phi) is 4.91. The second-order valence-electron chi connectivity index (χ2n) is 6.55. The fourth-order valence-electron chi connectivity index (χ4n) is 3.33. The number of aromatic nitrogens is 3. The van der Waals surface area contributed by atoms with E-state index in [9.17, 15) is 9.18 Å². The van der Waals surface area contributed by atoms with Crippen LogP contribution < -0.4 is 0 Å². The number of amides is 1. The van der Waals surface area contributed by atoms with Gasteiger partial charge in [-0.2, -0.15) is 0 Å². The van der Waals surface area contributed by atoms with Crippen LogP contribution in [0.4, 0.5) is 4.39 Å². The van der Waals surface area contributed by atoms with Crippen molar-refractivity contribution in [2.75, 3.05) is 6.54 Å². The molecule has 3 aromatic rings. The van der Waals surface area contributed by atoms with Crippen LogP contribution in [-0.4, -0.2) is 32.3 Å². The third-order valence-electron chi connectivity index (χ3n) is 4.67. The van der Waals surface area contributed by atoms with Gasteiger partial charge in [0, 0.05) is 25.4 Å². The van der Waals surface area contributed by atoms with Crippen molar-refractivity contribution in [3.05, 3.63) is 77.8 Å². The SMILES string of the molecule is O=C(c1ncccn1)N1CCCCC1c1ncc(Cc2ccc(F)cc2)o1. The van der Waals surface area contributed by atoms with Gasteiger partial charge in [0.1, 0.15) is 17.6 Å². The molecule has 0 N–H and O–H groups in total. The molecule has 0 bridgehead atoms. The number of benzene rings is 1. The van der Waals surface area contributed by atoms with E-state index in [1.54, 1.807) is 41.7 Å². The maximum Gasteiger partial charge on any atom is 0.292 e. The van der Waals surface area contributed by atoms with E-state index < -0.39 is 0 Å². The Balaban J connectivity index is 1.53. The van der Waals surface area contributed by atoms with Crippen molar-refractivity contribution in [3.8, 4) is 0 Å². The largest absolute Gasteiger partial charge is 0.443 e. The predicted molar refractivity (Wildman–Crippen MR) is 95.4 cm³/mol. The first-order valence-corrected chi connectivity index (χ1v) is 8.98.